The van der Waals surface area contributed by atoms with E-state index in [-0.39, 0.29) is 5.82 Å². The van der Waals surface area contributed by atoms with Crippen molar-refractivity contribution in [2.45, 2.75) is 0 Å². The third-order valence-electron chi connectivity index (χ3n) is 3.48. The third kappa shape index (κ3) is 4.20. The van der Waals surface area contributed by atoms with Crippen molar-refractivity contribution >= 4 is 38.6 Å². The molecular formula is C18H15BrFN3O2S. The average molecular weight is 436 g/mol. The van der Waals surface area contributed by atoms with Crippen molar-refractivity contribution in [2.75, 3.05) is 19.6 Å². The monoisotopic (exact) mass is 435 g/mol. The fourth-order valence-corrected chi connectivity index (χ4v) is 3.41. The van der Waals surface area contributed by atoms with Crippen LogP contribution < -0.4 is 14.9 Å². The van der Waals surface area contributed by atoms with Crippen molar-refractivity contribution in [1.82, 2.24) is 4.98 Å². The molecule has 0 bridgehead atoms. The molecule has 1 heterocycles. The molecule has 0 atom stereocenters. The molecular weight excluding hydrogens is 421 g/mol. The molecule has 0 saturated heterocycles. The van der Waals surface area contributed by atoms with E-state index < -0.39 is 0 Å². The molecule has 2 aromatic carbocycles. The maximum Gasteiger partial charge on any atom is 0.203 e. The number of ether oxygens (including phenoxy) is 2. The van der Waals surface area contributed by atoms with Gasteiger partial charge in [-0.05, 0) is 36.4 Å². The van der Waals surface area contributed by atoms with Gasteiger partial charge in [0.25, 0.3) is 0 Å². The Labute approximate surface area is 162 Å². The first-order valence-corrected chi connectivity index (χ1v) is 9.20. The van der Waals surface area contributed by atoms with Gasteiger partial charge in [-0.1, -0.05) is 15.9 Å². The summed E-state index contributed by atoms with van der Waals surface area (Å²) in [5.74, 6) is 0.925. The highest BCUT2D eigenvalue weighted by Gasteiger charge is 2.10. The maximum absolute atomic E-state index is 13.0. The highest BCUT2D eigenvalue weighted by molar-refractivity contribution is 9.10. The van der Waals surface area contributed by atoms with E-state index in [2.05, 4.69) is 31.4 Å². The number of rotatable bonds is 6. The Morgan fingerprint density at radius 3 is 2.65 bits per heavy atom. The number of aromatic nitrogens is 1. The number of nitrogens with one attached hydrogen (secondary N) is 1. The van der Waals surface area contributed by atoms with Crippen molar-refractivity contribution in [3.05, 3.63) is 57.6 Å². The van der Waals surface area contributed by atoms with E-state index >= 15 is 0 Å². The molecule has 8 heteroatoms. The quantitative estimate of drug-likeness (QED) is 0.428. The van der Waals surface area contributed by atoms with Crippen LogP contribution in [0.1, 0.15) is 5.56 Å². The minimum atomic E-state index is -0.273. The van der Waals surface area contributed by atoms with Crippen LogP contribution in [-0.2, 0) is 0 Å². The molecule has 3 aromatic rings. The van der Waals surface area contributed by atoms with Crippen LogP contribution in [0.5, 0.6) is 11.5 Å². The molecule has 0 radical (unpaired) electrons. The van der Waals surface area contributed by atoms with Crippen LogP contribution >= 0.6 is 27.3 Å². The van der Waals surface area contributed by atoms with Crippen LogP contribution in [0.25, 0.3) is 11.3 Å². The van der Waals surface area contributed by atoms with Gasteiger partial charge in [0, 0.05) is 21.0 Å². The molecule has 1 aromatic heterocycles. The fraction of sp³-hybridized carbons (Fsp3) is 0.111. The Bertz CT molecular complexity index is 929. The second-order valence-corrected chi connectivity index (χ2v) is 6.92. The first-order chi connectivity index (χ1) is 12.6. The van der Waals surface area contributed by atoms with E-state index in [1.165, 1.54) is 23.5 Å². The number of anilines is 1. The highest BCUT2D eigenvalue weighted by Crippen LogP contribution is 2.33. The summed E-state index contributed by atoms with van der Waals surface area (Å²) >= 11 is 4.84. The van der Waals surface area contributed by atoms with E-state index in [1.807, 2.05) is 17.5 Å². The van der Waals surface area contributed by atoms with Crippen molar-refractivity contribution < 1.29 is 13.9 Å². The summed E-state index contributed by atoms with van der Waals surface area (Å²) < 4.78 is 24.6. The van der Waals surface area contributed by atoms with Crippen LogP contribution in [0.3, 0.4) is 0 Å². The zero-order valence-electron chi connectivity index (χ0n) is 14.0. The average Bonchev–Trinajstić information content (AvgIpc) is 3.10. The number of benzene rings is 2. The van der Waals surface area contributed by atoms with Gasteiger partial charge in [-0.25, -0.2) is 9.37 Å². The van der Waals surface area contributed by atoms with Crippen LogP contribution in [0.2, 0.25) is 0 Å². The van der Waals surface area contributed by atoms with E-state index in [9.17, 15) is 4.39 Å². The number of hydrogen-bond acceptors (Lipinski definition) is 6. The fourth-order valence-electron chi connectivity index (χ4n) is 2.29. The number of thiazole rings is 1. The Hall–Kier alpha value is -2.45. The van der Waals surface area contributed by atoms with Gasteiger partial charge < -0.3 is 9.47 Å². The normalized spacial score (nSPS) is 10.9. The molecule has 0 aliphatic carbocycles. The van der Waals surface area contributed by atoms with Gasteiger partial charge in [0.05, 0.1) is 26.1 Å². The van der Waals surface area contributed by atoms with Crippen LogP contribution in [0, 0.1) is 5.82 Å². The molecule has 0 amide bonds. The lowest BCUT2D eigenvalue weighted by Crippen LogP contribution is -1.97. The molecule has 5 nitrogen and oxygen atoms in total. The number of halogens is 2. The zero-order valence-corrected chi connectivity index (χ0v) is 16.4. The first kappa shape index (κ1) is 18.3. The zero-order chi connectivity index (χ0) is 18.5. The minimum absolute atomic E-state index is 0.273. The summed E-state index contributed by atoms with van der Waals surface area (Å²) in [6.45, 7) is 0. The van der Waals surface area contributed by atoms with Gasteiger partial charge in [-0.3, -0.25) is 5.43 Å². The summed E-state index contributed by atoms with van der Waals surface area (Å²) in [5.41, 5.74) is 5.25. The molecule has 134 valence electrons. The highest BCUT2D eigenvalue weighted by atomic mass is 79.9. The standard InChI is InChI=1S/C18H15BrFN3O2S/c1-24-16-8-13(19)7-12(17(16)25-2)9-21-23-18-22-15(10-26-18)11-3-5-14(20)6-4-11/h3-10H,1-2H3,(H,22,23)/b21-9-. The summed E-state index contributed by atoms with van der Waals surface area (Å²) in [6, 6.07) is 9.89. The predicted molar refractivity (Wildman–Crippen MR) is 106 cm³/mol. The van der Waals surface area contributed by atoms with Crippen molar-refractivity contribution in [3.8, 4) is 22.8 Å². The molecule has 0 unspecified atom stereocenters. The summed E-state index contributed by atoms with van der Waals surface area (Å²) in [4.78, 5) is 4.44. The summed E-state index contributed by atoms with van der Waals surface area (Å²) in [7, 11) is 3.16. The number of hydrogen-bond donors (Lipinski definition) is 1. The predicted octanol–water partition coefficient (Wildman–Crippen LogP) is 5.17. The van der Waals surface area contributed by atoms with Gasteiger partial charge in [0.1, 0.15) is 5.82 Å². The second-order valence-electron chi connectivity index (χ2n) is 5.15. The van der Waals surface area contributed by atoms with Gasteiger partial charge in [-0.2, -0.15) is 5.10 Å². The van der Waals surface area contributed by atoms with Crippen LogP contribution in [0.15, 0.2) is 51.4 Å². The van der Waals surface area contributed by atoms with Crippen molar-refractivity contribution in [1.29, 1.82) is 0 Å². The topological polar surface area (TPSA) is 55.7 Å². The lowest BCUT2D eigenvalue weighted by atomic mass is 10.2. The lowest BCUT2D eigenvalue weighted by Gasteiger charge is -2.10. The number of nitrogens with zero attached hydrogens (tertiary/aromatic N) is 2. The molecule has 0 saturated carbocycles. The minimum Gasteiger partial charge on any atom is -0.493 e. The summed E-state index contributed by atoms with van der Waals surface area (Å²) in [6.07, 6.45) is 1.63. The smallest absolute Gasteiger partial charge is 0.203 e. The van der Waals surface area contributed by atoms with E-state index in [0.29, 0.717) is 16.6 Å². The molecule has 0 aliphatic rings. The maximum atomic E-state index is 13.0. The van der Waals surface area contributed by atoms with Gasteiger partial charge >= 0.3 is 0 Å². The largest absolute Gasteiger partial charge is 0.493 e. The van der Waals surface area contributed by atoms with Crippen LogP contribution in [-0.4, -0.2) is 25.4 Å². The number of methoxy groups -OCH3 is 2. The molecule has 26 heavy (non-hydrogen) atoms. The molecule has 1 N–H and O–H groups in total. The second kappa shape index (κ2) is 8.29. The third-order valence-corrected chi connectivity index (χ3v) is 4.69. The molecule has 0 aliphatic heterocycles. The molecule has 0 spiro atoms. The van der Waals surface area contributed by atoms with Crippen molar-refractivity contribution in [3.63, 3.8) is 0 Å². The van der Waals surface area contributed by atoms with Crippen molar-refractivity contribution in [2.24, 2.45) is 5.10 Å². The Kier molecular flexibility index (Phi) is 5.85. The summed E-state index contributed by atoms with van der Waals surface area (Å²) in [5, 5.41) is 6.72. The van der Waals surface area contributed by atoms with Gasteiger partial charge in [0.15, 0.2) is 11.5 Å². The lowest BCUT2D eigenvalue weighted by molar-refractivity contribution is 0.354. The SMILES string of the molecule is COc1cc(Br)cc(/C=N\Nc2nc(-c3ccc(F)cc3)cs2)c1OC. The Balaban J connectivity index is 1.75. The Morgan fingerprint density at radius 1 is 1.19 bits per heavy atom. The van der Waals surface area contributed by atoms with E-state index in [1.54, 1.807) is 32.6 Å². The first-order valence-electron chi connectivity index (χ1n) is 7.52. The Morgan fingerprint density at radius 2 is 1.96 bits per heavy atom. The van der Waals surface area contributed by atoms with E-state index in [4.69, 9.17) is 9.47 Å². The molecule has 3 rings (SSSR count). The van der Waals surface area contributed by atoms with Crippen LogP contribution in [0.4, 0.5) is 9.52 Å². The van der Waals surface area contributed by atoms with E-state index in [0.717, 1.165) is 21.3 Å². The van der Waals surface area contributed by atoms with Gasteiger partial charge in [0.2, 0.25) is 5.13 Å². The van der Waals surface area contributed by atoms with Gasteiger partial charge in [-0.15, -0.1) is 11.3 Å². The number of hydrazone groups is 1. The molecule has 0 fully saturated rings.